The van der Waals surface area contributed by atoms with Crippen LogP contribution in [0.1, 0.15) is 34.6 Å². The molecule has 0 nitrogen and oxygen atoms in total. The van der Waals surface area contributed by atoms with Crippen molar-refractivity contribution >= 4 is 0 Å². The molecule has 0 atom stereocenters. The highest BCUT2D eigenvalue weighted by Crippen LogP contribution is 2.24. The van der Waals surface area contributed by atoms with Gasteiger partial charge in [-0.3, -0.25) is 0 Å². The Balaban J connectivity index is 4.35. The molecular weight excluding hydrogens is 120 g/mol. The normalized spacial score (nSPS) is 13.5. The predicted octanol–water partition coefficient (Wildman–Crippen LogP) is 3.36. The van der Waals surface area contributed by atoms with Crippen molar-refractivity contribution < 1.29 is 0 Å². The van der Waals surface area contributed by atoms with Gasteiger partial charge in [0, 0.05) is 0 Å². The molecule has 0 aliphatic heterocycles. The molecule has 1 radical (unpaired) electrons. The quantitative estimate of drug-likeness (QED) is 0.486. The van der Waals surface area contributed by atoms with Crippen molar-refractivity contribution in [3.8, 4) is 0 Å². The summed E-state index contributed by atoms with van der Waals surface area (Å²) < 4.78 is 0. The van der Waals surface area contributed by atoms with Gasteiger partial charge in [-0.1, -0.05) is 44.6 Å². The summed E-state index contributed by atoms with van der Waals surface area (Å²) in [6, 6.07) is 0. The van der Waals surface area contributed by atoms with Crippen molar-refractivity contribution in [3.05, 3.63) is 23.8 Å². The molecule has 0 saturated carbocycles. The summed E-state index contributed by atoms with van der Waals surface area (Å²) in [7, 11) is 0. The van der Waals surface area contributed by atoms with Gasteiger partial charge in [0.2, 0.25) is 0 Å². The summed E-state index contributed by atoms with van der Waals surface area (Å²) in [6.45, 7) is 16.1. The Hall–Kier alpha value is -0.520. The maximum absolute atomic E-state index is 5.53. The van der Waals surface area contributed by atoms with Gasteiger partial charge in [0.05, 0.1) is 0 Å². The van der Waals surface area contributed by atoms with Crippen LogP contribution in [0.4, 0.5) is 0 Å². The molecule has 0 aliphatic carbocycles. The average Bonchev–Trinajstić information content (AvgIpc) is 1.60. The van der Waals surface area contributed by atoms with Gasteiger partial charge in [-0.2, -0.15) is 0 Å². The third kappa shape index (κ3) is 3.49. The molecule has 0 aromatic heterocycles. The first-order valence-electron chi connectivity index (χ1n) is 3.62. The Morgan fingerprint density at radius 3 is 1.70 bits per heavy atom. The van der Waals surface area contributed by atoms with Gasteiger partial charge in [-0.15, -0.1) is 0 Å². The summed E-state index contributed by atoms with van der Waals surface area (Å²) in [6.07, 6.45) is 2.03. The van der Waals surface area contributed by atoms with E-state index in [4.69, 9.17) is 6.58 Å². The molecule has 0 spiro atoms. The molecule has 57 valence electrons. The molecule has 10 heavy (non-hydrogen) atoms. The third-order valence-corrected chi connectivity index (χ3v) is 1.63. The second kappa shape index (κ2) is 3.05. The van der Waals surface area contributed by atoms with Crippen LogP contribution in [0.25, 0.3) is 0 Å². The molecule has 0 rings (SSSR count). The van der Waals surface area contributed by atoms with Crippen LogP contribution in [0.2, 0.25) is 0 Å². The molecule has 0 N–H and O–H groups in total. The number of rotatable bonds is 1. The van der Waals surface area contributed by atoms with Crippen LogP contribution in [0, 0.1) is 12.0 Å². The van der Waals surface area contributed by atoms with E-state index in [0.29, 0.717) is 0 Å². The van der Waals surface area contributed by atoms with E-state index in [0.717, 1.165) is 5.57 Å². The SMILES string of the molecule is [CH]=C(C)/C=C(/C)C(C)(C)C. The first-order chi connectivity index (χ1) is 4.34. The molecule has 0 heteroatoms. The van der Waals surface area contributed by atoms with E-state index < -0.39 is 0 Å². The largest absolute Gasteiger partial charge is 0.0677 e. The Bertz CT molecular complexity index is 153. The van der Waals surface area contributed by atoms with Gasteiger partial charge in [0.25, 0.3) is 0 Å². The molecule has 0 heterocycles. The van der Waals surface area contributed by atoms with E-state index in [1.807, 2.05) is 13.0 Å². The lowest BCUT2D eigenvalue weighted by molar-refractivity contribution is 0.503. The lowest BCUT2D eigenvalue weighted by Gasteiger charge is -2.19. The Labute approximate surface area is 64.6 Å². The molecule has 0 fully saturated rings. The Kier molecular flexibility index (Phi) is 2.89. The summed E-state index contributed by atoms with van der Waals surface area (Å²) in [5.74, 6) is 0. The Morgan fingerprint density at radius 1 is 1.20 bits per heavy atom. The van der Waals surface area contributed by atoms with Crippen LogP contribution in [0.3, 0.4) is 0 Å². The fraction of sp³-hybridized carbons (Fsp3) is 0.600. The van der Waals surface area contributed by atoms with Crippen LogP contribution in [0.5, 0.6) is 0 Å². The summed E-state index contributed by atoms with van der Waals surface area (Å²) in [4.78, 5) is 0. The van der Waals surface area contributed by atoms with Crippen molar-refractivity contribution in [2.24, 2.45) is 5.41 Å². The molecular formula is C10H17. The minimum Gasteiger partial charge on any atom is -0.0677 e. The van der Waals surface area contributed by atoms with Crippen LogP contribution >= 0.6 is 0 Å². The Morgan fingerprint density at radius 2 is 1.60 bits per heavy atom. The van der Waals surface area contributed by atoms with Crippen molar-refractivity contribution in [1.29, 1.82) is 0 Å². The zero-order valence-electron chi connectivity index (χ0n) is 7.65. The van der Waals surface area contributed by atoms with E-state index in [1.165, 1.54) is 5.57 Å². The molecule has 0 amide bonds. The highest BCUT2D eigenvalue weighted by atomic mass is 14.2. The molecule has 0 bridgehead atoms. The first kappa shape index (κ1) is 9.48. The summed E-state index contributed by atoms with van der Waals surface area (Å²) in [5, 5.41) is 0. The van der Waals surface area contributed by atoms with E-state index in [9.17, 15) is 0 Å². The fourth-order valence-corrected chi connectivity index (χ4v) is 0.558. The highest BCUT2D eigenvalue weighted by molar-refractivity contribution is 5.19. The van der Waals surface area contributed by atoms with Crippen LogP contribution in [-0.2, 0) is 0 Å². The summed E-state index contributed by atoms with van der Waals surface area (Å²) in [5.41, 5.74) is 2.46. The number of hydrogen-bond acceptors (Lipinski definition) is 0. The lowest BCUT2D eigenvalue weighted by Crippen LogP contribution is -2.06. The van der Waals surface area contributed by atoms with Crippen LogP contribution < -0.4 is 0 Å². The number of hydrogen-bond donors (Lipinski definition) is 0. The van der Waals surface area contributed by atoms with E-state index in [2.05, 4.69) is 27.7 Å². The monoisotopic (exact) mass is 137 g/mol. The van der Waals surface area contributed by atoms with Crippen molar-refractivity contribution in [1.82, 2.24) is 0 Å². The van der Waals surface area contributed by atoms with Gasteiger partial charge >= 0.3 is 0 Å². The maximum Gasteiger partial charge on any atom is -0.0173 e. The first-order valence-corrected chi connectivity index (χ1v) is 3.62. The average molecular weight is 137 g/mol. The van der Waals surface area contributed by atoms with Crippen molar-refractivity contribution in [2.45, 2.75) is 34.6 Å². The van der Waals surface area contributed by atoms with Crippen molar-refractivity contribution in [3.63, 3.8) is 0 Å². The fourth-order valence-electron chi connectivity index (χ4n) is 0.558. The zero-order valence-corrected chi connectivity index (χ0v) is 7.65. The topological polar surface area (TPSA) is 0 Å². The van der Waals surface area contributed by atoms with Gasteiger partial charge in [0.1, 0.15) is 0 Å². The van der Waals surface area contributed by atoms with Crippen molar-refractivity contribution in [2.75, 3.05) is 0 Å². The minimum absolute atomic E-state index is 0.251. The summed E-state index contributed by atoms with van der Waals surface area (Å²) >= 11 is 0. The molecule has 0 aromatic rings. The predicted molar refractivity (Wildman–Crippen MR) is 46.7 cm³/mol. The van der Waals surface area contributed by atoms with Crippen LogP contribution in [0.15, 0.2) is 17.2 Å². The highest BCUT2D eigenvalue weighted by Gasteiger charge is 2.11. The molecule has 0 saturated heterocycles. The second-order valence-corrected chi connectivity index (χ2v) is 3.82. The van der Waals surface area contributed by atoms with Gasteiger partial charge in [-0.25, -0.2) is 0 Å². The number of allylic oxidation sites excluding steroid dienone is 3. The maximum atomic E-state index is 5.53. The zero-order chi connectivity index (χ0) is 8.36. The van der Waals surface area contributed by atoms with Gasteiger partial charge in [0.15, 0.2) is 0 Å². The van der Waals surface area contributed by atoms with Crippen LogP contribution in [-0.4, -0.2) is 0 Å². The van der Waals surface area contributed by atoms with E-state index in [-0.39, 0.29) is 5.41 Å². The van der Waals surface area contributed by atoms with Gasteiger partial charge < -0.3 is 0 Å². The smallest absolute Gasteiger partial charge is 0.0173 e. The second-order valence-electron chi connectivity index (χ2n) is 3.82. The van der Waals surface area contributed by atoms with Gasteiger partial charge in [-0.05, 0) is 19.3 Å². The van der Waals surface area contributed by atoms with E-state index >= 15 is 0 Å². The minimum atomic E-state index is 0.251. The molecule has 0 unspecified atom stereocenters. The molecule has 0 aliphatic rings. The lowest BCUT2D eigenvalue weighted by atomic mass is 9.87. The molecule has 0 aromatic carbocycles. The third-order valence-electron chi connectivity index (χ3n) is 1.63. The standard InChI is InChI=1S/C10H17/c1-8(2)7-9(3)10(4,5)6/h1,7H,2-6H3/b8-1?,9-7-. The van der Waals surface area contributed by atoms with E-state index in [1.54, 1.807) is 0 Å².